The number of hydrogen-bond donors (Lipinski definition) is 2. The van der Waals surface area contributed by atoms with Gasteiger partial charge in [-0.15, -0.1) is 0 Å². The molecule has 1 aromatic carbocycles. The third-order valence-electron chi connectivity index (χ3n) is 3.79. The number of hydrogen-bond acceptors (Lipinski definition) is 3. The number of anilines is 1. The van der Waals surface area contributed by atoms with E-state index < -0.39 is 0 Å². The van der Waals surface area contributed by atoms with Crippen LogP contribution in [-0.4, -0.2) is 24.7 Å². The SMILES string of the molecule is Cc1cc(CNC(=S)Nc2ccn(Cc3c(F)cccc3Cl)n2)n(C)n1. The van der Waals surface area contributed by atoms with E-state index in [2.05, 4.69) is 20.8 Å². The molecular weight excluding hydrogens is 375 g/mol. The molecule has 9 heteroatoms. The van der Waals surface area contributed by atoms with Gasteiger partial charge in [-0.2, -0.15) is 10.2 Å². The highest BCUT2D eigenvalue weighted by atomic mass is 35.5. The number of thiocarbonyl (C=S) groups is 1. The Kier molecular flexibility index (Phi) is 5.53. The van der Waals surface area contributed by atoms with E-state index in [4.69, 9.17) is 23.8 Å². The van der Waals surface area contributed by atoms with Crippen molar-refractivity contribution in [2.45, 2.75) is 20.0 Å². The van der Waals surface area contributed by atoms with E-state index >= 15 is 0 Å². The largest absolute Gasteiger partial charge is 0.357 e. The highest BCUT2D eigenvalue weighted by molar-refractivity contribution is 7.80. The monoisotopic (exact) mass is 392 g/mol. The number of benzene rings is 1. The van der Waals surface area contributed by atoms with Gasteiger partial charge in [0.2, 0.25) is 0 Å². The molecule has 0 saturated heterocycles. The smallest absolute Gasteiger partial charge is 0.172 e. The van der Waals surface area contributed by atoms with Gasteiger partial charge < -0.3 is 10.6 Å². The van der Waals surface area contributed by atoms with Crippen LogP contribution in [0.15, 0.2) is 36.5 Å². The molecule has 26 heavy (non-hydrogen) atoms. The minimum absolute atomic E-state index is 0.238. The van der Waals surface area contributed by atoms with Crippen molar-refractivity contribution in [2.24, 2.45) is 7.05 Å². The fourth-order valence-electron chi connectivity index (χ4n) is 2.52. The molecule has 0 fully saturated rings. The van der Waals surface area contributed by atoms with Crippen LogP contribution in [0.5, 0.6) is 0 Å². The maximum Gasteiger partial charge on any atom is 0.172 e. The first-order valence-corrected chi connectivity index (χ1v) is 8.71. The Morgan fingerprint density at radius 1 is 1.31 bits per heavy atom. The first-order chi connectivity index (χ1) is 12.4. The lowest BCUT2D eigenvalue weighted by Gasteiger charge is -2.09. The minimum atomic E-state index is -0.355. The fraction of sp³-hybridized carbons (Fsp3) is 0.235. The molecule has 0 radical (unpaired) electrons. The lowest BCUT2D eigenvalue weighted by molar-refractivity contribution is 0.586. The third kappa shape index (κ3) is 4.39. The van der Waals surface area contributed by atoms with Gasteiger partial charge in [-0.05, 0) is 37.3 Å². The Labute approximate surface area is 161 Å². The summed E-state index contributed by atoms with van der Waals surface area (Å²) in [5.74, 6) is 0.210. The molecule has 0 spiro atoms. The van der Waals surface area contributed by atoms with Crippen LogP contribution < -0.4 is 10.6 Å². The topological polar surface area (TPSA) is 59.7 Å². The van der Waals surface area contributed by atoms with Crippen molar-refractivity contribution in [1.82, 2.24) is 24.9 Å². The summed E-state index contributed by atoms with van der Waals surface area (Å²) in [7, 11) is 1.88. The normalized spacial score (nSPS) is 10.8. The van der Waals surface area contributed by atoms with Gasteiger partial charge in [0.15, 0.2) is 10.9 Å². The summed E-state index contributed by atoms with van der Waals surface area (Å²) in [6.07, 6.45) is 1.73. The van der Waals surface area contributed by atoms with Crippen molar-refractivity contribution in [3.63, 3.8) is 0 Å². The molecule has 0 unspecified atom stereocenters. The number of nitrogens with one attached hydrogen (secondary N) is 2. The molecule has 2 N–H and O–H groups in total. The summed E-state index contributed by atoms with van der Waals surface area (Å²) in [6, 6.07) is 8.36. The van der Waals surface area contributed by atoms with Crippen LogP contribution in [0.1, 0.15) is 17.0 Å². The minimum Gasteiger partial charge on any atom is -0.357 e. The maximum atomic E-state index is 13.9. The molecule has 3 rings (SSSR count). The number of aryl methyl sites for hydroxylation is 2. The summed E-state index contributed by atoms with van der Waals surface area (Å²) in [5, 5.41) is 15.6. The zero-order valence-electron chi connectivity index (χ0n) is 14.3. The number of halogens is 2. The van der Waals surface area contributed by atoms with Gasteiger partial charge >= 0.3 is 0 Å². The van der Waals surface area contributed by atoms with Crippen molar-refractivity contribution in [3.8, 4) is 0 Å². The first kappa shape index (κ1) is 18.3. The van der Waals surface area contributed by atoms with Gasteiger partial charge in [0.1, 0.15) is 5.82 Å². The summed E-state index contributed by atoms with van der Waals surface area (Å²) in [6.45, 7) is 2.73. The first-order valence-electron chi connectivity index (χ1n) is 7.93. The van der Waals surface area contributed by atoms with Crippen molar-refractivity contribution in [3.05, 3.63) is 64.3 Å². The lowest BCUT2D eigenvalue weighted by atomic mass is 10.2. The standard InChI is InChI=1S/C17H18ClFN6S/c1-11-8-12(24(2)22-11)9-20-17(26)21-16-6-7-25(23-16)10-13-14(18)4-3-5-15(13)19/h3-8H,9-10H2,1-2H3,(H2,20,21,23,26). The van der Waals surface area contributed by atoms with Crippen molar-refractivity contribution in [1.29, 1.82) is 0 Å². The number of rotatable bonds is 5. The molecule has 2 aromatic heterocycles. The van der Waals surface area contributed by atoms with Gasteiger partial charge in [-0.25, -0.2) is 4.39 Å². The van der Waals surface area contributed by atoms with E-state index in [9.17, 15) is 4.39 Å². The van der Waals surface area contributed by atoms with Gasteiger partial charge in [0.05, 0.1) is 24.5 Å². The molecular formula is C17H18ClFN6S. The third-order valence-corrected chi connectivity index (χ3v) is 4.39. The van der Waals surface area contributed by atoms with Crippen LogP contribution in [0.25, 0.3) is 0 Å². The Morgan fingerprint density at radius 2 is 2.12 bits per heavy atom. The van der Waals surface area contributed by atoms with Gasteiger partial charge in [0, 0.05) is 29.9 Å². The lowest BCUT2D eigenvalue weighted by Crippen LogP contribution is -2.29. The van der Waals surface area contributed by atoms with Crippen LogP contribution in [0.3, 0.4) is 0 Å². The zero-order chi connectivity index (χ0) is 18.7. The van der Waals surface area contributed by atoms with E-state index in [1.54, 1.807) is 33.8 Å². The molecule has 6 nitrogen and oxygen atoms in total. The summed E-state index contributed by atoms with van der Waals surface area (Å²) in [5.41, 5.74) is 2.37. The molecule has 2 heterocycles. The molecule has 0 aliphatic rings. The van der Waals surface area contributed by atoms with Crippen LogP contribution in [0, 0.1) is 12.7 Å². The Morgan fingerprint density at radius 3 is 2.81 bits per heavy atom. The van der Waals surface area contributed by atoms with E-state index in [0.29, 0.717) is 28.1 Å². The molecule has 0 amide bonds. The summed E-state index contributed by atoms with van der Waals surface area (Å²) in [4.78, 5) is 0. The highest BCUT2D eigenvalue weighted by Gasteiger charge is 2.09. The predicted molar refractivity (Wildman–Crippen MR) is 104 cm³/mol. The van der Waals surface area contributed by atoms with Crippen LogP contribution in [0.2, 0.25) is 5.02 Å². The average molecular weight is 393 g/mol. The van der Waals surface area contributed by atoms with E-state index in [-0.39, 0.29) is 12.4 Å². The maximum absolute atomic E-state index is 13.9. The van der Waals surface area contributed by atoms with Gasteiger partial charge in [-0.1, -0.05) is 17.7 Å². The molecule has 0 aliphatic heterocycles. The fourth-order valence-corrected chi connectivity index (χ4v) is 2.92. The second-order valence-corrected chi connectivity index (χ2v) is 6.62. The summed E-state index contributed by atoms with van der Waals surface area (Å²) < 4.78 is 17.3. The van der Waals surface area contributed by atoms with Crippen LogP contribution in [0.4, 0.5) is 10.2 Å². The van der Waals surface area contributed by atoms with Crippen LogP contribution in [-0.2, 0) is 20.1 Å². The molecule has 0 bridgehead atoms. The number of aromatic nitrogens is 4. The van der Waals surface area contributed by atoms with Gasteiger partial charge in [0.25, 0.3) is 0 Å². The quantitative estimate of drug-likeness (QED) is 0.653. The molecule has 0 atom stereocenters. The molecule has 136 valence electrons. The van der Waals surface area contributed by atoms with Crippen molar-refractivity contribution < 1.29 is 4.39 Å². The van der Waals surface area contributed by atoms with Gasteiger partial charge in [-0.3, -0.25) is 9.36 Å². The van der Waals surface area contributed by atoms with E-state index in [1.165, 1.54) is 6.07 Å². The summed E-state index contributed by atoms with van der Waals surface area (Å²) >= 11 is 11.3. The van der Waals surface area contributed by atoms with E-state index in [1.807, 2.05) is 20.0 Å². The van der Waals surface area contributed by atoms with Crippen molar-refractivity contribution in [2.75, 3.05) is 5.32 Å². The zero-order valence-corrected chi connectivity index (χ0v) is 15.9. The number of nitrogens with zero attached hydrogens (tertiary/aromatic N) is 4. The molecule has 0 aliphatic carbocycles. The predicted octanol–water partition coefficient (Wildman–Crippen LogP) is 3.25. The van der Waals surface area contributed by atoms with Crippen LogP contribution >= 0.6 is 23.8 Å². The second kappa shape index (κ2) is 7.84. The Hall–Kier alpha value is -2.45. The molecule has 0 saturated carbocycles. The Bertz CT molecular complexity index is 915. The second-order valence-electron chi connectivity index (χ2n) is 5.81. The highest BCUT2D eigenvalue weighted by Crippen LogP contribution is 2.20. The Balaban J connectivity index is 1.58. The molecule has 3 aromatic rings. The van der Waals surface area contributed by atoms with Crippen molar-refractivity contribution >= 4 is 34.7 Å². The average Bonchev–Trinajstić information content (AvgIpc) is 3.15. The van der Waals surface area contributed by atoms with E-state index in [0.717, 1.165) is 11.4 Å².